The average molecular weight is 210 g/mol. The van der Waals surface area contributed by atoms with E-state index in [1.807, 2.05) is 0 Å². The van der Waals surface area contributed by atoms with Gasteiger partial charge in [0.25, 0.3) is 0 Å². The van der Waals surface area contributed by atoms with Gasteiger partial charge in [0.2, 0.25) is 0 Å². The second kappa shape index (κ2) is 3.62. The molecule has 1 aromatic carbocycles. The molecule has 2 rings (SSSR count). The monoisotopic (exact) mass is 209 g/mol. The van der Waals surface area contributed by atoms with Gasteiger partial charge in [-0.05, 0) is 31.0 Å². The molecule has 14 heavy (non-hydrogen) atoms. The molecule has 0 unspecified atom stereocenters. The van der Waals surface area contributed by atoms with E-state index in [0.717, 1.165) is 19.3 Å². The van der Waals surface area contributed by atoms with E-state index in [1.54, 1.807) is 18.2 Å². The van der Waals surface area contributed by atoms with E-state index >= 15 is 0 Å². The van der Waals surface area contributed by atoms with Crippen LogP contribution in [0.4, 0.5) is 5.69 Å². The number of carbonyl (C=O) groups excluding carboxylic acids is 1. The number of rotatable bonds is 2. The maximum Gasteiger partial charge on any atom is 0.167 e. The molecule has 0 aromatic heterocycles. The summed E-state index contributed by atoms with van der Waals surface area (Å²) in [7, 11) is 0. The first-order valence-electron chi connectivity index (χ1n) is 4.77. The van der Waals surface area contributed by atoms with Crippen molar-refractivity contribution < 1.29 is 4.79 Å². The first-order chi connectivity index (χ1) is 6.68. The summed E-state index contributed by atoms with van der Waals surface area (Å²) in [5.41, 5.74) is 6.77. The van der Waals surface area contributed by atoms with Gasteiger partial charge >= 0.3 is 0 Å². The number of hydrogen-bond donors (Lipinski definition) is 1. The minimum Gasteiger partial charge on any atom is -0.399 e. The van der Waals surface area contributed by atoms with Crippen LogP contribution in [0.3, 0.4) is 0 Å². The number of hydrogen-bond acceptors (Lipinski definition) is 2. The Morgan fingerprint density at radius 2 is 2.14 bits per heavy atom. The van der Waals surface area contributed by atoms with Crippen molar-refractivity contribution in [3.05, 3.63) is 28.8 Å². The van der Waals surface area contributed by atoms with Gasteiger partial charge in [0.05, 0.1) is 5.02 Å². The molecular formula is C11H12ClNO. The van der Waals surface area contributed by atoms with E-state index < -0.39 is 0 Å². The zero-order chi connectivity index (χ0) is 10.1. The van der Waals surface area contributed by atoms with Crippen LogP contribution in [0.5, 0.6) is 0 Å². The molecule has 1 saturated carbocycles. The fourth-order valence-electron chi connectivity index (χ4n) is 1.62. The van der Waals surface area contributed by atoms with Crippen LogP contribution in [0.2, 0.25) is 5.02 Å². The predicted molar refractivity (Wildman–Crippen MR) is 57.5 cm³/mol. The molecule has 0 aliphatic heterocycles. The Morgan fingerprint density at radius 3 is 2.64 bits per heavy atom. The van der Waals surface area contributed by atoms with Crippen LogP contribution < -0.4 is 5.73 Å². The number of Topliss-reactive ketones (excluding diaryl/α,β-unsaturated/α-hetero) is 1. The van der Waals surface area contributed by atoms with E-state index in [0.29, 0.717) is 16.3 Å². The molecule has 0 atom stereocenters. The highest BCUT2D eigenvalue weighted by molar-refractivity contribution is 6.34. The third-order valence-corrected chi connectivity index (χ3v) is 3.05. The number of carbonyl (C=O) groups is 1. The van der Waals surface area contributed by atoms with Gasteiger partial charge in [-0.3, -0.25) is 4.79 Å². The van der Waals surface area contributed by atoms with Gasteiger partial charge in [-0.15, -0.1) is 0 Å². The summed E-state index contributed by atoms with van der Waals surface area (Å²) < 4.78 is 0. The molecule has 0 radical (unpaired) electrons. The average Bonchev–Trinajstić information content (AvgIpc) is 2.00. The van der Waals surface area contributed by atoms with Crippen LogP contribution in [0.15, 0.2) is 18.2 Å². The number of halogens is 1. The standard InChI is InChI=1S/C11H12ClNO/c12-10-6-8(13)4-5-9(10)11(14)7-2-1-3-7/h4-7H,1-3,13H2. The predicted octanol–water partition coefficient (Wildman–Crippen LogP) is 2.91. The molecule has 3 heteroatoms. The van der Waals surface area contributed by atoms with Crippen molar-refractivity contribution >= 4 is 23.1 Å². The number of nitrogen functional groups attached to an aromatic ring is 1. The van der Waals surface area contributed by atoms with Crippen molar-refractivity contribution in [1.29, 1.82) is 0 Å². The zero-order valence-electron chi connectivity index (χ0n) is 7.79. The van der Waals surface area contributed by atoms with Gasteiger partial charge in [0.15, 0.2) is 5.78 Å². The number of nitrogens with two attached hydrogens (primary N) is 1. The molecule has 1 aromatic rings. The lowest BCUT2D eigenvalue weighted by Crippen LogP contribution is -2.22. The lowest BCUT2D eigenvalue weighted by molar-refractivity contribution is 0.0855. The zero-order valence-corrected chi connectivity index (χ0v) is 8.55. The summed E-state index contributed by atoms with van der Waals surface area (Å²) in [4.78, 5) is 11.8. The Hall–Kier alpha value is -1.02. The minimum atomic E-state index is 0.168. The molecule has 1 aliphatic carbocycles. The molecule has 0 bridgehead atoms. The molecule has 0 spiro atoms. The normalized spacial score (nSPS) is 16.4. The molecule has 0 saturated heterocycles. The molecule has 2 N–H and O–H groups in total. The summed E-state index contributed by atoms with van der Waals surface area (Å²) >= 11 is 5.95. The Labute approximate surface area is 88.1 Å². The van der Waals surface area contributed by atoms with Crippen LogP contribution in [-0.4, -0.2) is 5.78 Å². The Bertz CT molecular complexity index is 372. The molecular weight excluding hydrogens is 198 g/mol. The summed E-state index contributed by atoms with van der Waals surface area (Å²) in [6, 6.07) is 5.07. The van der Waals surface area contributed by atoms with Gasteiger partial charge in [0.1, 0.15) is 0 Å². The lowest BCUT2D eigenvalue weighted by atomic mass is 9.80. The molecule has 0 heterocycles. The lowest BCUT2D eigenvalue weighted by Gasteiger charge is -2.24. The second-order valence-electron chi connectivity index (χ2n) is 3.73. The summed E-state index contributed by atoms with van der Waals surface area (Å²) in [6.07, 6.45) is 3.15. The highest BCUT2D eigenvalue weighted by Crippen LogP contribution is 2.32. The second-order valence-corrected chi connectivity index (χ2v) is 4.14. The molecule has 0 amide bonds. The van der Waals surface area contributed by atoms with Crippen molar-refractivity contribution in [1.82, 2.24) is 0 Å². The fourth-order valence-corrected chi connectivity index (χ4v) is 1.90. The molecule has 74 valence electrons. The third-order valence-electron chi connectivity index (χ3n) is 2.73. The molecule has 1 aliphatic rings. The molecule has 2 nitrogen and oxygen atoms in total. The van der Waals surface area contributed by atoms with E-state index in [9.17, 15) is 4.79 Å². The van der Waals surface area contributed by atoms with Gasteiger partial charge in [-0.1, -0.05) is 18.0 Å². The SMILES string of the molecule is Nc1ccc(C(=O)C2CCC2)c(Cl)c1. The van der Waals surface area contributed by atoms with Crippen LogP contribution in [-0.2, 0) is 0 Å². The fraction of sp³-hybridized carbons (Fsp3) is 0.364. The Morgan fingerprint density at radius 1 is 1.43 bits per heavy atom. The van der Waals surface area contributed by atoms with Crippen molar-refractivity contribution in [2.75, 3.05) is 5.73 Å². The third kappa shape index (κ3) is 1.62. The molecule has 1 fully saturated rings. The smallest absolute Gasteiger partial charge is 0.167 e. The minimum absolute atomic E-state index is 0.168. The number of benzene rings is 1. The van der Waals surface area contributed by atoms with Gasteiger partial charge in [0, 0.05) is 17.2 Å². The maximum absolute atomic E-state index is 11.8. The highest BCUT2D eigenvalue weighted by Gasteiger charge is 2.27. The van der Waals surface area contributed by atoms with Gasteiger partial charge in [-0.25, -0.2) is 0 Å². The number of anilines is 1. The van der Waals surface area contributed by atoms with E-state index in [4.69, 9.17) is 17.3 Å². The summed E-state index contributed by atoms with van der Waals surface area (Å²) in [6.45, 7) is 0. The van der Waals surface area contributed by atoms with Crippen molar-refractivity contribution in [3.63, 3.8) is 0 Å². The topological polar surface area (TPSA) is 43.1 Å². The van der Waals surface area contributed by atoms with Crippen LogP contribution >= 0.6 is 11.6 Å². The first kappa shape index (κ1) is 9.53. The van der Waals surface area contributed by atoms with Gasteiger partial charge in [-0.2, -0.15) is 0 Å². The summed E-state index contributed by atoms with van der Waals surface area (Å²) in [5.74, 6) is 0.359. The maximum atomic E-state index is 11.8. The largest absolute Gasteiger partial charge is 0.399 e. The summed E-state index contributed by atoms with van der Waals surface area (Å²) in [5, 5.41) is 0.474. The Kier molecular flexibility index (Phi) is 2.46. The Balaban J connectivity index is 2.26. The first-order valence-corrected chi connectivity index (χ1v) is 5.15. The highest BCUT2D eigenvalue weighted by atomic mass is 35.5. The van der Waals surface area contributed by atoms with Crippen molar-refractivity contribution in [2.24, 2.45) is 5.92 Å². The van der Waals surface area contributed by atoms with E-state index in [2.05, 4.69) is 0 Å². The van der Waals surface area contributed by atoms with E-state index in [-0.39, 0.29) is 11.7 Å². The van der Waals surface area contributed by atoms with Crippen molar-refractivity contribution in [2.45, 2.75) is 19.3 Å². The van der Waals surface area contributed by atoms with E-state index in [1.165, 1.54) is 0 Å². The number of ketones is 1. The quantitative estimate of drug-likeness (QED) is 0.601. The van der Waals surface area contributed by atoms with Crippen LogP contribution in [0, 0.1) is 5.92 Å². The van der Waals surface area contributed by atoms with Crippen LogP contribution in [0.1, 0.15) is 29.6 Å². The van der Waals surface area contributed by atoms with Crippen LogP contribution in [0.25, 0.3) is 0 Å². The van der Waals surface area contributed by atoms with Crippen molar-refractivity contribution in [3.8, 4) is 0 Å². The van der Waals surface area contributed by atoms with Gasteiger partial charge < -0.3 is 5.73 Å².